The summed E-state index contributed by atoms with van der Waals surface area (Å²) < 4.78 is 10.3. The first kappa shape index (κ1) is 13.8. The zero-order valence-electron chi connectivity index (χ0n) is 11.4. The molecule has 5 nitrogen and oxygen atoms in total. The highest BCUT2D eigenvalue weighted by Crippen LogP contribution is 2.25. The Morgan fingerprint density at radius 1 is 1.44 bits per heavy atom. The maximum absolute atomic E-state index is 11.9. The van der Waals surface area contributed by atoms with Crippen molar-refractivity contribution in [3.8, 4) is 0 Å². The van der Waals surface area contributed by atoms with Crippen LogP contribution in [0.4, 0.5) is 0 Å². The fraction of sp³-hybridized carbons (Fsp3) is 0.923. The summed E-state index contributed by atoms with van der Waals surface area (Å²) in [5, 5.41) is 3.43. The third kappa shape index (κ3) is 3.67. The monoisotopic (exact) mass is 256 g/mol. The first-order valence-corrected chi connectivity index (χ1v) is 6.80. The van der Waals surface area contributed by atoms with Crippen molar-refractivity contribution in [2.75, 3.05) is 40.0 Å². The van der Waals surface area contributed by atoms with Crippen molar-refractivity contribution in [3.05, 3.63) is 0 Å². The average molecular weight is 256 g/mol. The summed E-state index contributed by atoms with van der Waals surface area (Å²) >= 11 is 0. The van der Waals surface area contributed by atoms with Crippen LogP contribution in [0, 0.1) is 0 Å². The van der Waals surface area contributed by atoms with Gasteiger partial charge in [0.15, 0.2) is 0 Å². The Hall–Kier alpha value is -0.650. The lowest BCUT2D eigenvalue weighted by atomic mass is 9.97. The smallest absolute Gasteiger partial charge is 0.325 e. The van der Waals surface area contributed by atoms with Gasteiger partial charge in [-0.2, -0.15) is 0 Å². The molecule has 1 unspecified atom stereocenters. The predicted octanol–water partition coefficient (Wildman–Crippen LogP) is 0.392. The molecule has 0 radical (unpaired) electrons. The standard InChI is InChI=1S/C13H24N2O3/c1-13(12(16)17-2,14-11-3-4-11)5-6-15-7-9-18-10-8-15/h11,14H,3-10H2,1-2H3. The molecular formula is C13H24N2O3. The van der Waals surface area contributed by atoms with Crippen LogP contribution in [0.3, 0.4) is 0 Å². The zero-order valence-corrected chi connectivity index (χ0v) is 11.4. The first-order chi connectivity index (χ1) is 8.64. The summed E-state index contributed by atoms with van der Waals surface area (Å²) in [4.78, 5) is 14.3. The topological polar surface area (TPSA) is 50.8 Å². The molecule has 2 aliphatic rings. The van der Waals surface area contributed by atoms with E-state index < -0.39 is 5.54 Å². The van der Waals surface area contributed by atoms with Crippen molar-refractivity contribution in [1.29, 1.82) is 0 Å². The average Bonchev–Trinajstić information content (AvgIpc) is 3.20. The lowest BCUT2D eigenvalue weighted by Crippen LogP contribution is -2.53. The molecule has 0 aromatic carbocycles. The number of carbonyl (C=O) groups excluding carboxylic acids is 1. The van der Waals surface area contributed by atoms with Crippen molar-refractivity contribution >= 4 is 5.97 Å². The lowest BCUT2D eigenvalue weighted by Gasteiger charge is -2.32. The third-order valence-electron chi connectivity index (χ3n) is 3.77. The molecule has 1 heterocycles. The Kier molecular flexibility index (Phi) is 4.59. The van der Waals surface area contributed by atoms with Crippen LogP contribution in [-0.4, -0.2) is 62.4 Å². The van der Waals surface area contributed by atoms with Crippen LogP contribution in [0.15, 0.2) is 0 Å². The number of hydrogen-bond acceptors (Lipinski definition) is 5. The van der Waals surface area contributed by atoms with E-state index in [-0.39, 0.29) is 5.97 Å². The molecule has 2 rings (SSSR count). The summed E-state index contributed by atoms with van der Waals surface area (Å²) in [5.41, 5.74) is -0.547. The maximum Gasteiger partial charge on any atom is 0.325 e. The number of morpholine rings is 1. The van der Waals surface area contributed by atoms with Crippen molar-refractivity contribution in [2.45, 2.75) is 37.8 Å². The minimum Gasteiger partial charge on any atom is -0.468 e. The number of esters is 1. The zero-order chi connectivity index (χ0) is 13.0. The first-order valence-electron chi connectivity index (χ1n) is 6.80. The Bertz CT molecular complexity index is 288. The molecule has 0 bridgehead atoms. The summed E-state index contributed by atoms with van der Waals surface area (Å²) in [5.74, 6) is -0.150. The van der Waals surface area contributed by atoms with Crippen LogP contribution < -0.4 is 5.32 Å². The Labute approximate surface area is 109 Å². The molecule has 5 heteroatoms. The number of carbonyl (C=O) groups is 1. The number of methoxy groups -OCH3 is 1. The van der Waals surface area contributed by atoms with E-state index in [9.17, 15) is 4.79 Å². The molecule has 104 valence electrons. The molecule has 18 heavy (non-hydrogen) atoms. The largest absolute Gasteiger partial charge is 0.468 e. The van der Waals surface area contributed by atoms with Gasteiger partial charge in [-0.15, -0.1) is 0 Å². The van der Waals surface area contributed by atoms with Gasteiger partial charge < -0.3 is 9.47 Å². The van der Waals surface area contributed by atoms with E-state index in [0.29, 0.717) is 6.04 Å². The van der Waals surface area contributed by atoms with E-state index in [1.807, 2.05) is 6.92 Å². The third-order valence-corrected chi connectivity index (χ3v) is 3.77. The second kappa shape index (κ2) is 5.99. The molecule has 1 atom stereocenters. The highest BCUT2D eigenvalue weighted by Gasteiger charge is 2.39. The quantitative estimate of drug-likeness (QED) is 0.697. The van der Waals surface area contributed by atoms with Gasteiger partial charge >= 0.3 is 5.97 Å². The molecule has 0 spiro atoms. The van der Waals surface area contributed by atoms with E-state index in [2.05, 4.69) is 10.2 Å². The number of nitrogens with zero attached hydrogens (tertiary/aromatic N) is 1. The van der Waals surface area contributed by atoms with Crippen molar-refractivity contribution < 1.29 is 14.3 Å². The fourth-order valence-corrected chi connectivity index (χ4v) is 2.34. The van der Waals surface area contributed by atoms with E-state index in [0.717, 1.165) is 39.3 Å². The Balaban J connectivity index is 1.85. The lowest BCUT2D eigenvalue weighted by molar-refractivity contribution is -0.148. The van der Waals surface area contributed by atoms with E-state index in [1.54, 1.807) is 0 Å². The molecule has 0 aromatic heterocycles. The Morgan fingerprint density at radius 3 is 2.67 bits per heavy atom. The summed E-state index contributed by atoms with van der Waals surface area (Å²) in [7, 11) is 1.46. The Morgan fingerprint density at radius 2 is 2.11 bits per heavy atom. The van der Waals surface area contributed by atoms with Crippen LogP contribution in [0.25, 0.3) is 0 Å². The molecule has 0 aromatic rings. The van der Waals surface area contributed by atoms with Gasteiger partial charge in [0.1, 0.15) is 5.54 Å². The van der Waals surface area contributed by atoms with Gasteiger partial charge in [0.05, 0.1) is 20.3 Å². The predicted molar refractivity (Wildman–Crippen MR) is 68.5 cm³/mol. The van der Waals surface area contributed by atoms with Gasteiger partial charge in [0.2, 0.25) is 0 Å². The van der Waals surface area contributed by atoms with Crippen LogP contribution in [0.1, 0.15) is 26.2 Å². The minimum absolute atomic E-state index is 0.150. The molecular weight excluding hydrogens is 232 g/mol. The van der Waals surface area contributed by atoms with Gasteiger partial charge in [-0.05, 0) is 26.2 Å². The highest BCUT2D eigenvalue weighted by molar-refractivity contribution is 5.80. The van der Waals surface area contributed by atoms with Crippen molar-refractivity contribution in [3.63, 3.8) is 0 Å². The fourth-order valence-electron chi connectivity index (χ4n) is 2.34. The van der Waals surface area contributed by atoms with Gasteiger partial charge in [-0.25, -0.2) is 0 Å². The van der Waals surface area contributed by atoms with Crippen LogP contribution >= 0.6 is 0 Å². The van der Waals surface area contributed by atoms with Gasteiger partial charge in [-0.3, -0.25) is 15.0 Å². The van der Waals surface area contributed by atoms with Gasteiger partial charge in [0.25, 0.3) is 0 Å². The number of rotatable bonds is 6. The van der Waals surface area contributed by atoms with E-state index in [1.165, 1.54) is 20.0 Å². The minimum atomic E-state index is -0.547. The SMILES string of the molecule is COC(=O)C(C)(CCN1CCOCC1)NC1CC1. The molecule has 1 saturated heterocycles. The maximum atomic E-state index is 11.9. The van der Waals surface area contributed by atoms with Crippen LogP contribution in [0.2, 0.25) is 0 Å². The second-order valence-corrected chi connectivity index (χ2v) is 5.45. The van der Waals surface area contributed by atoms with Crippen molar-refractivity contribution in [2.24, 2.45) is 0 Å². The highest BCUT2D eigenvalue weighted by atomic mass is 16.5. The van der Waals surface area contributed by atoms with Gasteiger partial charge in [0, 0.05) is 25.7 Å². The molecule has 0 amide bonds. The number of hydrogen-bond donors (Lipinski definition) is 1. The summed E-state index contributed by atoms with van der Waals surface area (Å²) in [6.45, 7) is 6.38. The molecule has 1 saturated carbocycles. The normalized spacial score (nSPS) is 24.6. The summed E-state index contributed by atoms with van der Waals surface area (Å²) in [6, 6.07) is 0.499. The second-order valence-electron chi connectivity index (χ2n) is 5.45. The molecule has 2 fully saturated rings. The van der Waals surface area contributed by atoms with Crippen molar-refractivity contribution in [1.82, 2.24) is 10.2 Å². The summed E-state index contributed by atoms with van der Waals surface area (Å²) in [6.07, 6.45) is 3.13. The van der Waals surface area contributed by atoms with Crippen LogP contribution in [-0.2, 0) is 14.3 Å². The number of nitrogens with one attached hydrogen (secondary N) is 1. The van der Waals surface area contributed by atoms with E-state index in [4.69, 9.17) is 9.47 Å². The van der Waals surface area contributed by atoms with Gasteiger partial charge in [-0.1, -0.05) is 0 Å². The molecule has 1 aliphatic heterocycles. The number of ether oxygens (including phenoxy) is 2. The molecule has 1 aliphatic carbocycles. The van der Waals surface area contributed by atoms with Crippen LogP contribution in [0.5, 0.6) is 0 Å². The van der Waals surface area contributed by atoms with E-state index >= 15 is 0 Å². The molecule has 1 N–H and O–H groups in total.